The first-order chi connectivity index (χ1) is 11.5. The molecule has 1 aromatic carbocycles. The van der Waals surface area contributed by atoms with Crippen molar-refractivity contribution in [3.05, 3.63) is 52.2 Å². The van der Waals surface area contributed by atoms with Crippen molar-refractivity contribution < 1.29 is 17.9 Å². The Labute approximate surface area is 142 Å². The molecule has 0 spiro atoms. The highest BCUT2D eigenvalue weighted by Crippen LogP contribution is 2.31. The first-order valence-electron chi connectivity index (χ1n) is 7.24. The largest absolute Gasteiger partial charge is 0.492 e. The summed E-state index contributed by atoms with van der Waals surface area (Å²) in [5.41, 5.74) is 0.435. The van der Waals surface area contributed by atoms with Gasteiger partial charge >= 0.3 is 6.18 Å². The third-order valence-corrected chi connectivity index (χ3v) is 3.82. The molecule has 0 aliphatic carbocycles. The van der Waals surface area contributed by atoms with Crippen molar-refractivity contribution in [2.75, 3.05) is 20.2 Å². The van der Waals surface area contributed by atoms with Gasteiger partial charge in [0, 0.05) is 13.6 Å². The lowest BCUT2D eigenvalue weighted by atomic mass is 10.2. The number of benzene rings is 1. The van der Waals surface area contributed by atoms with E-state index in [1.807, 2.05) is 16.8 Å². The van der Waals surface area contributed by atoms with E-state index >= 15 is 0 Å². The normalized spacial score (nSPS) is 12.1. The first kappa shape index (κ1) is 18.1. The van der Waals surface area contributed by atoms with Gasteiger partial charge < -0.3 is 15.4 Å². The molecule has 0 aliphatic rings. The molecule has 0 saturated heterocycles. The molecule has 2 N–H and O–H groups in total. The molecule has 0 radical (unpaired) electrons. The zero-order chi connectivity index (χ0) is 17.4. The highest BCUT2D eigenvalue weighted by molar-refractivity contribution is 7.07. The summed E-state index contributed by atoms with van der Waals surface area (Å²) in [5.74, 6) is 0.793. The first-order valence-corrected chi connectivity index (χ1v) is 8.19. The van der Waals surface area contributed by atoms with Crippen LogP contribution in [0, 0.1) is 0 Å². The maximum absolute atomic E-state index is 12.6. The number of thiophene rings is 1. The topological polar surface area (TPSA) is 45.7 Å². The second-order valence-electron chi connectivity index (χ2n) is 4.86. The van der Waals surface area contributed by atoms with Crippen molar-refractivity contribution in [1.82, 2.24) is 10.6 Å². The molecule has 0 unspecified atom stereocenters. The van der Waals surface area contributed by atoms with Crippen LogP contribution in [0.3, 0.4) is 0 Å². The summed E-state index contributed by atoms with van der Waals surface area (Å²) in [5, 5.41) is 10.2. The van der Waals surface area contributed by atoms with Gasteiger partial charge in [-0.3, -0.25) is 4.99 Å². The van der Waals surface area contributed by atoms with Gasteiger partial charge in [-0.15, -0.1) is 0 Å². The van der Waals surface area contributed by atoms with Gasteiger partial charge in [0.2, 0.25) is 0 Å². The number of nitrogens with zero attached hydrogens (tertiary/aromatic N) is 1. The molecule has 130 valence electrons. The number of aliphatic imine (C=N–C) groups is 1. The number of nitrogens with one attached hydrogen (secondary N) is 2. The second kappa shape index (κ2) is 8.58. The highest BCUT2D eigenvalue weighted by Gasteiger charge is 2.30. The Morgan fingerprint density at radius 3 is 2.75 bits per heavy atom. The Balaban J connectivity index is 1.73. The van der Waals surface area contributed by atoms with Crippen LogP contribution >= 0.6 is 11.3 Å². The number of alkyl halides is 3. The molecule has 0 fully saturated rings. The van der Waals surface area contributed by atoms with Crippen molar-refractivity contribution in [2.45, 2.75) is 12.7 Å². The van der Waals surface area contributed by atoms with E-state index in [1.54, 1.807) is 18.4 Å². The van der Waals surface area contributed by atoms with E-state index in [4.69, 9.17) is 4.74 Å². The van der Waals surface area contributed by atoms with Gasteiger partial charge in [0.05, 0.1) is 12.1 Å². The fourth-order valence-electron chi connectivity index (χ4n) is 1.90. The average molecular weight is 357 g/mol. The van der Waals surface area contributed by atoms with Crippen LogP contribution in [0.15, 0.2) is 46.1 Å². The molecule has 2 aromatic rings. The zero-order valence-corrected chi connectivity index (χ0v) is 13.9. The van der Waals surface area contributed by atoms with Gasteiger partial charge in [0.15, 0.2) is 5.96 Å². The van der Waals surface area contributed by atoms with Gasteiger partial charge in [-0.05, 0) is 40.6 Å². The Kier molecular flexibility index (Phi) is 6.48. The molecule has 0 aliphatic heterocycles. The second-order valence-corrected chi connectivity index (χ2v) is 5.64. The maximum atomic E-state index is 12.6. The fourth-order valence-corrected chi connectivity index (χ4v) is 2.57. The van der Waals surface area contributed by atoms with Crippen molar-refractivity contribution in [1.29, 1.82) is 0 Å². The lowest BCUT2D eigenvalue weighted by Gasteiger charge is -2.13. The highest BCUT2D eigenvalue weighted by atomic mass is 32.1. The van der Waals surface area contributed by atoms with E-state index in [-0.39, 0.29) is 12.4 Å². The summed E-state index contributed by atoms with van der Waals surface area (Å²) < 4.78 is 43.2. The monoisotopic (exact) mass is 357 g/mol. The van der Waals surface area contributed by atoms with Crippen LogP contribution < -0.4 is 15.4 Å². The van der Waals surface area contributed by atoms with Crippen LogP contribution in [-0.4, -0.2) is 26.2 Å². The summed E-state index contributed by atoms with van der Waals surface area (Å²) in [7, 11) is 1.65. The summed E-state index contributed by atoms with van der Waals surface area (Å²) in [4.78, 5) is 4.07. The Hall–Kier alpha value is -2.22. The van der Waals surface area contributed by atoms with Gasteiger partial charge in [0.1, 0.15) is 12.4 Å². The minimum absolute atomic E-state index is 0.188. The van der Waals surface area contributed by atoms with Gasteiger partial charge in [-0.1, -0.05) is 6.07 Å². The SMILES string of the molecule is CN=C(NCCOc1cccc(C(F)(F)F)c1)NCc1ccsc1. The van der Waals surface area contributed by atoms with E-state index < -0.39 is 11.7 Å². The Morgan fingerprint density at radius 1 is 1.25 bits per heavy atom. The minimum Gasteiger partial charge on any atom is -0.492 e. The molecule has 0 bridgehead atoms. The van der Waals surface area contributed by atoms with Gasteiger partial charge in [0.25, 0.3) is 0 Å². The standard InChI is InChI=1S/C16H18F3N3OS/c1-20-15(22-10-12-5-8-24-11-12)21-6-7-23-14-4-2-3-13(9-14)16(17,18)19/h2-5,8-9,11H,6-7,10H2,1H3,(H2,20,21,22). The molecule has 1 aromatic heterocycles. The smallest absolute Gasteiger partial charge is 0.416 e. The van der Waals surface area contributed by atoms with Crippen LogP contribution in [0.25, 0.3) is 0 Å². The molecule has 8 heteroatoms. The van der Waals surface area contributed by atoms with E-state index in [2.05, 4.69) is 15.6 Å². The van der Waals surface area contributed by atoms with E-state index in [9.17, 15) is 13.2 Å². The number of halogens is 3. The van der Waals surface area contributed by atoms with Crippen LogP contribution in [-0.2, 0) is 12.7 Å². The molecule has 0 atom stereocenters. The van der Waals surface area contributed by atoms with Crippen molar-refractivity contribution in [3.63, 3.8) is 0 Å². The molecule has 24 heavy (non-hydrogen) atoms. The van der Waals surface area contributed by atoms with Crippen LogP contribution in [0.1, 0.15) is 11.1 Å². The van der Waals surface area contributed by atoms with Crippen molar-refractivity contribution >= 4 is 17.3 Å². The third kappa shape index (κ3) is 5.77. The number of ether oxygens (including phenoxy) is 1. The number of hydrogen-bond donors (Lipinski definition) is 2. The summed E-state index contributed by atoms with van der Waals surface area (Å²) in [6.45, 7) is 1.29. The molecule has 0 amide bonds. The number of rotatable bonds is 6. The van der Waals surface area contributed by atoms with Crippen molar-refractivity contribution in [2.24, 2.45) is 4.99 Å². The fraction of sp³-hybridized carbons (Fsp3) is 0.312. The van der Waals surface area contributed by atoms with Crippen LogP contribution in [0.5, 0.6) is 5.75 Å². The summed E-state index contributed by atoms with van der Waals surface area (Å²) >= 11 is 1.62. The molecule has 0 saturated carbocycles. The summed E-state index contributed by atoms with van der Waals surface area (Å²) in [6, 6.07) is 6.85. The van der Waals surface area contributed by atoms with Gasteiger partial charge in [-0.25, -0.2) is 0 Å². The predicted octanol–water partition coefficient (Wildman–Crippen LogP) is 3.51. The third-order valence-electron chi connectivity index (χ3n) is 3.09. The number of guanidine groups is 1. The predicted molar refractivity (Wildman–Crippen MR) is 89.5 cm³/mol. The molecule has 2 rings (SSSR count). The summed E-state index contributed by atoms with van der Waals surface area (Å²) in [6.07, 6.45) is -4.37. The average Bonchev–Trinajstić information content (AvgIpc) is 3.07. The maximum Gasteiger partial charge on any atom is 0.416 e. The van der Waals surface area contributed by atoms with E-state index in [0.717, 1.165) is 17.7 Å². The molecule has 1 heterocycles. The molecule has 4 nitrogen and oxygen atoms in total. The Bertz CT molecular complexity index is 657. The van der Waals surface area contributed by atoms with E-state index in [0.29, 0.717) is 19.0 Å². The van der Waals surface area contributed by atoms with Crippen molar-refractivity contribution in [3.8, 4) is 5.75 Å². The quantitative estimate of drug-likeness (QED) is 0.472. The minimum atomic E-state index is -4.37. The van der Waals surface area contributed by atoms with Gasteiger partial charge in [-0.2, -0.15) is 24.5 Å². The van der Waals surface area contributed by atoms with Crippen LogP contribution in [0.4, 0.5) is 13.2 Å². The molecular formula is C16H18F3N3OS. The lowest BCUT2D eigenvalue weighted by Crippen LogP contribution is -2.38. The van der Waals surface area contributed by atoms with E-state index in [1.165, 1.54) is 12.1 Å². The Morgan fingerprint density at radius 2 is 2.08 bits per heavy atom. The van der Waals surface area contributed by atoms with Crippen LogP contribution in [0.2, 0.25) is 0 Å². The molecular weight excluding hydrogens is 339 g/mol. The number of hydrogen-bond acceptors (Lipinski definition) is 3. The lowest BCUT2D eigenvalue weighted by molar-refractivity contribution is -0.137. The zero-order valence-electron chi connectivity index (χ0n) is 13.1.